The van der Waals surface area contributed by atoms with Gasteiger partial charge < -0.3 is 15.7 Å². The third-order valence-electron chi connectivity index (χ3n) is 2.95. The minimum atomic E-state index is -0.602. The summed E-state index contributed by atoms with van der Waals surface area (Å²) in [7, 11) is 1.71. The van der Waals surface area contributed by atoms with E-state index in [0.717, 1.165) is 24.0 Å². The van der Waals surface area contributed by atoms with E-state index in [1.165, 1.54) is 25.0 Å². The molecule has 19 heavy (non-hydrogen) atoms. The molecule has 0 aromatic heterocycles. The molecule has 0 aliphatic heterocycles. The summed E-state index contributed by atoms with van der Waals surface area (Å²) in [6.45, 7) is 1.41. The number of aromatic hydroxyl groups is 1. The maximum absolute atomic E-state index is 13.1. The molecule has 0 radical (unpaired) electrons. The molecule has 1 fully saturated rings. The lowest BCUT2D eigenvalue weighted by molar-refractivity contribution is 0.431. The fourth-order valence-electron chi connectivity index (χ4n) is 1.63. The lowest BCUT2D eigenvalue weighted by Gasteiger charge is -2.11. The maximum Gasteiger partial charge on any atom is 0.191 e. The molecule has 0 heterocycles. The van der Waals surface area contributed by atoms with Gasteiger partial charge in [-0.2, -0.15) is 0 Å². The van der Waals surface area contributed by atoms with Gasteiger partial charge in [-0.3, -0.25) is 4.99 Å². The molecule has 4 nitrogen and oxygen atoms in total. The van der Waals surface area contributed by atoms with Gasteiger partial charge in [0.05, 0.1) is 0 Å². The third-order valence-corrected chi connectivity index (χ3v) is 2.95. The number of nitrogens with zero attached hydrogens (tertiary/aromatic N) is 1. The second-order valence-corrected chi connectivity index (χ2v) is 4.54. The molecule has 0 atom stereocenters. The summed E-state index contributed by atoms with van der Waals surface area (Å²) in [4.78, 5) is 4.09. The van der Waals surface area contributed by atoms with Gasteiger partial charge in [0.2, 0.25) is 0 Å². The van der Waals surface area contributed by atoms with Crippen LogP contribution in [0.3, 0.4) is 0 Å². The summed E-state index contributed by atoms with van der Waals surface area (Å²) < 4.78 is 13.1. The quantitative estimate of drug-likeness (QED) is 0.427. The van der Waals surface area contributed by atoms with Crippen LogP contribution >= 0.6 is 24.0 Å². The largest absolute Gasteiger partial charge is 0.505 e. The van der Waals surface area contributed by atoms with Crippen molar-refractivity contribution in [2.24, 2.45) is 10.9 Å². The van der Waals surface area contributed by atoms with Gasteiger partial charge >= 0.3 is 0 Å². The number of nitrogens with one attached hydrogen (secondary N) is 2. The van der Waals surface area contributed by atoms with E-state index >= 15 is 0 Å². The van der Waals surface area contributed by atoms with Crippen molar-refractivity contribution in [2.75, 3.05) is 13.6 Å². The molecule has 0 bridgehead atoms. The van der Waals surface area contributed by atoms with Crippen LogP contribution in [0.4, 0.5) is 4.39 Å². The van der Waals surface area contributed by atoms with E-state index in [0.29, 0.717) is 6.54 Å². The molecule has 0 amide bonds. The van der Waals surface area contributed by atoms with Crippen LogP contribution in [0, 0.1) is 11.7 Å². The Morgan fingerprint density at radius 2 is 2.16 bits per heavy atom. The van der Waals surface area contributed by atoms with Crippen LogP contribution in [-0.4, -0.2) is 24.7 Å². The van der Waals surface area contributed by atoms with Gasteiger partial charge in [0.1, 0.15) is 0 Å². The van der Waals surface area contributed by atoms with E-state index in [1.807, 2.05) is 0 Å². The predicted octanol–water partition coefficient (Wildman–Crippen LogP) is 2.22. The first-order valence-corrected chi connectivity index (χ1v) is 6.11. The number of hydrogen-bond donors (Lipinski definition) is 3. The first kappa shape index (κ1) is 16.0. The number of phenolic OH excluding ortho intramolecular Hbond substituents is 1. The SMILES string of the molecule is CN=C(NCc1ccc(O)c(F)c1)NCC1CC1.I. The highest BCUT2D eigenvalue weighted by Gasteiger charge is 2.20. The average Bonchev–Trinajstić information content (AvgIpc) is 3.18. The van der Waals surface area contributed by atoms with Gasteiger partial charge in [-0.25, -0.2) is 4.39 Å². The van der Waals surface area contributed by atoms with E-state index in [-0.39, 0.29) is 29.7 Å². The van der Waals surface area contributed by atoms with Crippen LogP contribution < -0.4 is 10.6 Å². The van der Waals surface area contributed by atoms with Crippen molar-refractivity contribution < 1.29 is 9.50 Å². The smallest absolute Gasteiger partial charge is 0.191 e. The van der Waals surface area contributed by atoms with Gasteiger partial charge in [0.15, 0.2) is 17.5 Å². The molecule has 1 saturated carbocycles. The normalized spacial score (nSPS) is 14.7. The maximum atomic E-state index is 13.1. The fraction of sp³-hybridized carbons (Fsp3) is 0.462. The molecule has 1 aliphatic carbocycles. The Morgan fingerprint density at radius 3 is 2.74 bits per heavy atom. The Balaban J connectivity index is 0.00000180. The number of hydrogen-bond acceptors (Lipinski definition) is 2. The Morgan fingerprint density at radius 1 is 1.42 bits per heavy atom. The molecule has 1 aromatic rings. The van der Waals surface area contributed by atoms with E-state index in [1.54, 1.807) is 13.1 Å². The van der Waals surface area contributed by atoms with E-state index < -0.39 is 5.82 Å². The van der Waals surface area contributed by atoms with E-state index in [9.17, 15) is 4.39 Å². The van der Waals surface area contributed by atoms with Crippen molar-refractivity contribution in [2.45, 2.75) is 19.4 Å². The first-order chi connectivity index (χ1) is 8.69. The molecular formula is C13H19FIN3O. The fourth-order valence-corrected chi connectivity index (χ4v) is 1.63. The molecule has 2 rings (SSSR count). The highest BCUT2D eigenvalue weighted by atomic mass is 127. The Kier molecular flexibility index (Phi) is 6.33. The lowest BCUT2D eigenvalue weighted by atomic mass is 10.2. The molecule has 106 valence electrons. The highest BCUT2D eigenvalue weighted by molar-refractivity contribution is 14.0. The average molecular weight is 379 g/mol. The summed E-state index contributed by atoms with van der Waals surface area (Å²) in [6, 6.07) is 4.35. The minimum absolute atomic E-state index is 0. The molecule has 0 saturated heterocycles. The number of guanidine groups is 1. The molecular weight excluding hydrogens is 360 g/mol. The molecule has 0 spiro atoms. The number of benzene rings is 1. The van der Waals surface area contributed by atoms with Gasteiger partial charge in [0, 0.05) is 20.1 Å². The van der Waals surface area contributed by atoms with Crippen LogP contribution in [-0.2, 0) is 6.54 Å². The molecule has 6 heteroatoms. The summed E-state index contributed by atoms with van der Waals surface area (Å²) in [5.41, 5.74) is 0.764. The van der Waals surface area contributed by atoms with Crippen LogP contribution in [0.2, 0.25) is 0 Å². The Bertz CT molecular complexity index is 450. The summed E-state index contributed by atoms with van der Waals surface area (Å²) >= 11 is 0. The first-order valence-electron chi connectivity index (χ1n) is 6.11. The Hall–Kier alpha value is -1.05. The van der Waals surface area contributed by atoms with Crippen molar-refractivity contribution in [1.82, 2.24) is 10.6 Å². The minimum Gasteiger partial charge on any atom is -0.505 e. The number of aliphatic imine (C=N–C) groups is 1. The van der Waals surface area contributed by atoms with E-state index in [4.69, 9.17) is 5.11 Å². The standard InChI is InChI=1S/C13H18FN3O.HI/c1-15-13(16-7-9-2-3-9)17-8-10-4-5-12(18)11(14)6-10;/h4-6,9,18H,2-3,7-8H2,1H3,(H2,15,16,17);1H. The summed E-state index contributed by atoms with van der Waals surface area (Å²) in [5.74, 6) is 0.565. The Labute approximate surface area is 129 Å². The zero-order chi connectivity index (χ0) is 13.0. The molecule has 3 N–H and O–H groups in total. The zero-order valence-electron chi connectivity index (χ0n) is 10.8. The van der Waals surface area contributed by atoms with Gasteiger partial charge in [0.25, 0.3) is 0 Å². The topological polar surface area (TPSA) is 56.7 Å². The third kappa shape index (κ3) is 5.22. The second kappa shape index (κ2) is 7.52. The predicted molar refractivity (Wildman–Crippen MR) is 84.4 cm³/mol. The summed E-state index contributed by atoms with van der Waals surface area (Å²) in [6.07, 6.45) is 2.57. The molecule has 1 aliphatic rings. The van der Waals surface area contributed by atoms with Crippen molar-refractivity contribution in [3.05, 3.63) is 29.6 Å². The second-order valence-electron chi connectivity index (χ2n) is 4.54. The van der Waals surface area contributed by atoms with Gasteiger partial charge in [-0.15, -0.1) is 24.0 Å². The van der Waals surface area contributed by atoms with Crippen LogP contribution in [0.25, 0.3) is 0 Å². The highest BCUT2D eigenvalue weighted by Crippen LogP contribution is 2.27. The monoisotopic (exact) mass is 379 g/mol. The van der Waals surface area contributed by atoms with Gasteiger partial charge in [-0.05, 0) is 36.5 Å². The summed E-state index contributed by atoms with van der Waals surface area (Å²) in [5, 5.41) is 15.4. The van der Waals surface area contributed by atoms with Crippen molar-refractivity contribution in [3.63, 3.8) is 0 Å². The van der Waals surface area contributed by atoms with E-state index in [2.05, 4.69) is 15.6 Å². The molecule has 1 aromatic carbocycles. The number of phenols is 1. The van der Waals surface area contributed by atoms with Crippen LogP contribution in [0.1, 0.15) is 18.4 Å². The number of halogens is 2. The zero-order valence-corrected chi connectivity index (χ0v) is 13.1. The lowest BCUT2D eigenvalue weighted by Crippen LogP contribution is -2.37. The van der Waals surface area contributed by atoms with Crippen LogP contribution in [0.15, 0.2) is 23.2 Å². The van der Waals surface area contributed by atoms with Crippen molar-refractivity contribution >= 4 is 29.9 Å². The molecule has 0 unspecified atom stereocenters. The number of rotatable bonds is 4. The van der Waals surface area contributed by atoms with Crippen molar-refractivity contribution in [3.8, 4) is 5.75 Å². The van der Waals surface area contributed by atoms with Gasteiger partial charge in [-0.1, -0.05) is 6.07 Å². The van der Waals surface area contributed by atoms with Crippen LogP contribution in [0.5, 0.6) is 5.75 Å². The van der Waals surface area contributed by atoms with Crippen molar-refractivity contribution in [1.29, 1.82) is 0 Å².